The van der Waals surface area contributed by atoms with E-state index in [1.165, 1.54) is 0 Å². The van der Waals surface area contributed by atoms with Gasteiger partial charge in [-0.15, -0.1) is 24.0 Å². The van der Waals surface area contributed by atoms with Crippen LogP contribution in [0, 0.1) is 0 Å². The predicted molar refractivity (Wildman–Crippen MR) is 121 cm³/mol. The number of guanidine groups is 1. The number of nitrogens with zero attached hydrogens (tertiary/aromatic N) is 3. The molecule has 1 fully saturated rings. The van der Waals surface area contributed by atoms with Crippen molar-refractivity contribution < 1.29 is 9.21 Å². The average molecular weight is 497 g/mol. The number of carbonyl (C=O) groups is 1. The molecule has 28 heavy (non-hydrogen) atoms. The zero-order chi connectivity index (χ0) is 18.9. The molecule has 0 saturated carbocycles. The van der Waals surface area contributed by atoms with Crippen LogP contribution in [0.1, 0.15) is 31.9 Å². The number of amides is 1. The Bertz CT molecular complexity index is 763. The lowest BCUT2D eigenvalue weighted by atomic mass is 10.2. The number of likely N-dealkylation sites (tertiary alicyclic amines) is 1. The van der Waals surface area contributed by atoms with E-state index >= 15 is 0 Å². The summed E-state index contributed by atoms with van der Waals surface area (Å²) >= 11 is 0. The van der Waals surface area contributed by atoms with Crippen molar-refractivity contribution in [3.8, 4) is 11.5 Å². The van der Waals surface area contributed by atoms with E-state index in [9.17, 15) is 4.79 Å². The van der Waals surface area contributed by atoms with E-state index in [1.54, 1.807) is 6.26 Å². The summed E-state index contributed by atoms with van der Waals surface area (Å²) in [6, 6.07) is 9.82. The fourth-order valence-electron chi connectivity index (χ4n) is 3.01. The van der Waals surface area contributed by atoms with E-state index < -0.39 is 0 Å². The first-order valence-electron chi connectivity index (χ1n) is 9.56. The highest BCUT2D eigenvalue weighted by molar-refractivity contribution is 14.0. The summed E-state index contributed by atoms with van der Waals surface area (Å²) in [7, 11) is 0. The van der Waals surface area contributed by atoms with Crippen molar-refractivity contribution in [3.63, 3.8) is 0 Å². The summed E-state index contributed by atoms with van der Waals surface area (Å²) in [5, 5.41) is 6.54. The van der Waals surface area contributed by atoms with Crippen molar-refractivity contribution in [3.05, 3.63) is 42.3 Å². The van der Waals surface area contributed by atoms with Gasteiger partial charge in [-0.25, -0.2) is 9.98 Å². The zero-order valence-electron chi connectivity index (χ0n) is 16.2. The maximum Gasteiger partial charge on any atom is 0.226 e. The molecule has 1 aliphatic heterocycles. The molecule has 0 spiro atoms. The molecule has 0 atom stereocenters. The van der Waals surface area contributed by atoms with Gasteiger partial charge >= 0.3 is 0 Å². The summed E-state index contributed by atoms with van der Waals surface area (Å²) in [6.07, 6.45) is 4.23. The van der Waals surface area contributed by atoms with Gasteiger partial charge in [0.2, 0.25) is 11.8 Å². The van der Waals surface area contributed by atoms with Gasteiger partial charge in [0.05, 0.1) is 6.54 Å². The number of aromatic nitrogens is 1. The summed E-state index contributed by atoms with van der Waals surface area (Å²) < 4.78 is 5.55. The Balaban J connectivity index is 0.00000280. The van der Waals surface area contributed by atoms with Gasteiger partial charge in [0.25, 0.3) is 0 Å². The molecule has 3 rings (SSSR count). The Morgan fingerprint density at radius 1 is 1.29 bits per heavy atom. The number of nitrogens with one attached hydrogen (secondary N) is 2. The van der Waals surface area contributed by atoms with E-state index in [2.05, 4.69) is 20.6 Å². The van der Waals surface area contributed by atoms with Crippen molar-refractivity contribution in [1.29, 1.82) is 0 Å². The number of hydrogen-bond acceptors (Lipinski definition) is 4. The maximum absolute atomic E-state index is 11.6. The number of rotatable bonds is 8. The summed E-state index contributed by atoms with van der Waals surface area (Å²) in [5.74, 6) is 1.62. The first-order chi connectivity index (χ1) is 13.3. The van der Waals surface area contributed by atoms with Crippen LogP contribution in [-0.2, 0) is 11.3 Å². The monoisotopic (exact) mass is 497 g/mol. The van der Waals surface area contributed by atoms with E-state index in [-0.39, 0.29) is 29.9 Å². The Labute approximate surface area is 183 Å². The molecule has 1 saturated heterocycles. The molecule has 1 aromatic carbocycles. The summed E-state index contributed by atoms with van der Waals surface area (Å²) in [4.78, 5) is 22.6. The van der Waals surface area contributed by atoms with Crippen molar-refractivity contribution in [2.24, 2.45) is 4.99 Å². The molecule has 1 amide bonds. The van der Waals surface area contributed by atoms with Crippen molar-refractivity contribution >= 4 is 35.8 Å². The Morgan fingerprint density at radius 2 is 2.11 bits per heavy atom. The first kappa shape index (κ1) is 22.2. The maximum atomic E-state index is 11.6. The van der Waals surface area contributed by atoms with Gasteiger partial charge in [-0.3, -0.25) is 4.79 Å². The van der Waals surface area contributed by atoms with Crippen LogP contribution >= 0.6 is 24.0 Å². The molecule has 8 heteroatoms. The molecule has 0 unspecified atom stereocenters. The van der Waals surface area contributed by atoms with Gasteiger partial charge in [0.1, 0.15) is 12.0 Å². The molecule has 2 N–H and O–H groups in total. The van der Waals surface area contributed by atoms with E-state index in [0.29, 0.717) is 18.9 Å². The Kier molecular flexibility index (Phi) is 9.26. The summed E-state index contributed by atoms with van der Waals surface area (Å²) in [5.41, 5.74) is 1.74. The van der Waals surface area contributed by atoms with Crippen LogP contribution in [0.5, 0.6) is 0 Å². The van der Waals surface area contributed by atoms with Gasteiger partial charge in [-0.2, -0.15) is 0 Å². The van der Waals surface area contributed by atoms with Gasteiger partial charge in [0.15, 0.2) is 5.96 Å². The molecule has 152 valence electrons. The molecule has 0 aliphatic carbocycles. The van der Waals surface area contributed by atoms with E-state index in [4.69, 9.17) is 4.42 Å². The number of aliphatic imine (C=N–C) groups is 1. The third-order valence-corrected chi connectivity index (χ3v) is 4.38. The van der Waals surface area contributed by atoms with Crippen LogP contribution in [0.4, 0.5) is 0 Å². The van der Waals surface area contributed by atoms with E-state index in [1.807, 2.05) is 42.2 Å². The first-order valence-corrected chi connectivity index (χ1v) is 9.56. The lowest BCUT2D eigenvalue weighted by Crippen LogP contribution is -2.39. The fraction of sp³-hybridized carbons (Fsp3) is 0.450. The van der Waals surface area contributed by atoms with Crippen LogP contribution in [0.3, 0.4) is 0 Å². The predicted octanol–water partition coefficient (Wildman–Crippen LogP) is 3.03. The highest BCUT2D eigenvalue weighted by Gasteiger charge is 2.18. The minimum Gasteiger partial charge on any atom is -0.444 e. The number of carbonyl (C=O) groups excluding carboxylic acids is 1. The summed E-state index contributed by atoms with van der Waals surface area (Å²) in [6.45, 7) is 5.71. The third-order valence-electron chi connectivity index (χ3n) is 4.38. The van der Waals surface area contributed by atoms with Gasteiger partial charge in [-0.1, -0.05) is 18.2 Å². The zero-order valence-corrected chi connectivity index (χ0v) is 18.5. The van der Waals surface area contributed by atoms with Crippen LogP contribution in [0.15, 0.2) is 46.0 Å². The minimum absolute atomic E-state index is 0. The number of oxazole rings is 1. The molecule has 2 heterocycles. The molecule has 0 bridgehead atoms. The Morgan fingerprint density at radius 3 is 2.82 bits per heavy atom. The standard InChI is InChI=1S/C20H27N5O2.HI/c1-2-21-20(22-11-7-13-25-12-6-10-18(25)26)23-14-17-15-27-19(24-17)16-8-4-3-5-9-16;/h3-5,8-9,15H,2,6-7,10-14H2,1H3,(H2,21,22,23);1H. The van der Waals surface area contributed by atoms with Crippen LogP contribution in [0.25, 0.3) is 11.5 Å². The highest BCUT2D eigenvalue weighted by atomic mass is 127. The normalized spacial score (nSPS) is 14.1. The second-order valence-electron chi connectivity index (χ2n) is 6.47. The molecule has 2 aromatic rings. The number of benzene rings is 1. The minimum atomic E-state index is 0. The smallest absolute Gasteiger partial charge is 0.226 e. The highest BCUT2D eigenvalue weighted by Crippen LogP contribution is 2.18. The Hall–Kier alpha value is -2.10. The molecular weight excluding hydrogens is 469 g/mol. The van der Waals surface area contributed by atoms with Crippen molar-refractivity contribution in [2.45, 2.75) is 32.7 Å². The van der Waals surface area contributed by atoms with Gasteiger partial charge < -0.3 is 20.0 Å². The lowest BCUT2D eigenvalue weighted by molar-refractivity contribution is -0.127. The van der Waals surface area contributed by atoms with Gasteiger partial charge in [0, 0.05) is 38.2 Å². The van der Waals surface area contributed by atoms with Crippen LogP contribution in [-0.4, -0.2) is 47.9 Å². The van der Waals surface area contributed by atoms with E-state index in [0.717, 1.165) is 56.2 Å². The SMILES string of the molecule is CCNC(=NCc1coc(-c2ccccc2)n1)NCCCN1CCCC1=O.I. The molecule has 1 aromatic heterocycles. The molecular formula is C20H28IN5O2. The third kappa shape index (κ3) is 6.50. The fourth-order valence-corrected chi connectivity index (χ4v) is 3.01. The van der Waals surface area contributed by atoms with Crippen molar-refractivity contribution in [2.75, 3.05) is 26.2 Å². The molecule has 1 aliphatic rings. The van der Waals surface area contributed by atoms with Crippen LogP contribution < -0.4 is 10.6 Å². The van der Waals surface area contributed by atoms with Crippen LogP contribution in [0.2, 0.25) is 0 Å². The molecule has 7 nitrogen and oxygen atoms in total. The average Bonchev–Trinajstić information content (AvgIpc) is 3.33. The lowest BCUT2D eigenvalue weighted by Gasteiger charge is -2.16. The molecule has 0 radical (unpaired) electrons. The largest absolute Gasteiger partial charge is 0.444 e. The second-order valence-corrected chi connectivity index (χ2v) is 6.47. The quantitative estimate of drug-likeness (QED) is 0.254. The topological polar surface area (TPSA) is 82.8 Å². The van der Waals surface area contributed by atoms with Crippen molar-refractivity contribution in [1.82, 2.24) is 20.5 Å². The second kappa shape index (κ2) is 11.7. The number of halogens is 1. The number of hydrogen-bond donors (Lipinski definition) is 2. The van der Waals surface area contributed by atoms with Gasteiger partial charge in [-0.05, 0) is 31.9 Å².